The molecule has 1 aromatic rings. The van der Waals surface area contributed by atoms with Crippen LogP contribution in [0, 0.1) is 6.92 Å². The molecule has 1 aliphatic rings. The van der Waals surface area contributed by atoms with Crippen molar-refractivity contribution in [3.8, 4) is 0 Å². The van der Waals surface area contributed by atoms with Gasteiger partial charge in [0, 0.05) is 19.9 Å². The van der Waals surface area contributed by atoms with Crippen LogP contribution >= 0.6 is 0 Å². The Morgan fingerprint density at radius 1 is 1.35 bits per heavy atom. The average Bonchev–Trinajstić information content (AvgIpc) is 2.85. The van der Waals surface area contributed by atoms with E-state index in [1.807, 2.05) is 13.8 Å². The number of aromatic nitrogens is 2. The fourth-order valence-electron chi connectivity index (χ4n) is 2.50. The quantitative estimate of drug-likeness (QED) is 0.845. The molecule has 20 heavy (non-hydrogen) atoms. The summed E-state index contributed by atoms with van der Waals surface area (Å²) in [6, 6.07) is 0. The Balaban J connectivity index is 2.06. The fourth-order valence-corrected chi connectivity index (χ4v) is 2.50. The summed E-state index contributed by atoms with van der Waals surface area (Å²) in [6.45, 7) is 6.06. The number of aryl methyl sites for hydroxylation is 1. The molecule has 1 N–H and O–H groups in total. The molecule has 2 heterocycles. The molecule has 0 bridgehead atoms. The highest BCUT2D eigenvalue weighted by atomic mass is 16.5. The van der Waals surface area contributed by atoms with Crippen LogP contribution in [0.5, 0.6) is 0 Å². The number of hydrogen-bond donors (Lipinski definition) is 1. The van der Waals surface area contributed by atoms with E-state index in [0.29, 0.717) is 37.5 Å². The van der Waals surface area contributed by atoms with Crippen LogP contribution in [0.25, 0.3) is 0 Å². The van der Waals surface area contributed by atoms with Gasteiger partial charge in [0.25, 0.3) is 0 Å². The third kappa shape index (κ3) is 2.66. The first-order chi connectivity index (χ1) is 9.50. The lowest BCUT2D eigenvalue weighted by Crippen LogP contribution is -2.66. The number of carbonyl (C=O) groups excluding carboxylic acids is 2. The van der Waals surface area contributed by atoms with Crippen molar-refractivity contribution in [1.82, 2.24) is 20.4 Å². The SMILES string of the molecule is CCC1(CC)NC(=O)CN(CCc2noc(C)n2)C1=O. The van der Waals surface area contributed by atoms with Gasteiger partial charge >= 0.3 is 0 Å². The second kappa shape index (κ2) is 5.60. The molecular formula is C13H20N4O3. The van der Waals surface area contributed by atoms with Gasteiger partial charge in [0.05, 0.1) is 6.54 Å². The smallest absolute Gasteiger partial charge is 0.248 e. The zero-order valence-corrected chi connectivity index (χ0v) is 12.1. The number of piperazine rings is 1. The van der Waals surface area contributed by atoms with Crippen molar-refractivity contribution in [2.24, 2.45) is 0 Å². The summed E-state index contributed by atoms with van der Waals surface area (Å²) in [5, 5.41) is 6.63. The normalized spacial score (nSPS) is 18.2. The van der Waals surface area contributed by atoms with E-state index >= 15 is 0 Å². The molecule has 2 amide bonds. The topological polar surface area (TPSA) is 88.3 Å². The van der Waals surface area contributed by atoms with Gasteiger partial charge in [-0.15, -0.1) is 0 Å². The highest BCUT2D eigenvalue weighted by Crippen LogP contribution is 2.22. The number of carbonyl (C=O) groups is 2. The van der Waals surface area contributed by atoms with Crippen molar-refractivity contribution in [2.45, 2.75) is 45.6 Å². The summed E-state index contributed by atoms with van der Waals surface area (Å²) in [5.41, 5.74) is -0.761. The van der Waals surface area contributed by atoms with E-state index in [4.69, 9.17) is 4.52 Å². The first-order valence-corrected chi connectivity index (χ1v) is 6.90. The van der Waals surface area contributed by atoms with Gasteiger partial charge in [-0.1, -0.05) is 19.0 Å². The Hall–Kier alpha value is -1.92. The second-order valence-corrected chi connectivity index (χ2v) is 5.04. The molecule has 0 spiro atoms. The molecule has 1 saturated heterocycles. The lowest BCUT2D eigenvalue weighted by atomic mass is 9.89. The standard InChI is InChI=1S/C13H20N4O3/c1-4-13(5-2)12(19)17(8-11(18)15-13)7-6-10-14-9(3)20-16-10/h4-8H2,1-3H3,(H,15,18). The number of amides is 2. The predicted octanol–water partition coefficient (Wildman–Crippen LogP) is 0.438. The molecule has 0 aromatic carbocycles. The van der Waals surface area contributed by atoms with Crippen LogP contribution in [0.3, 0.4) is 0 Å². The van der Waals surface area contributed by atoms with E-state index in [9.17, 15) is 9.59 Å². The molecule has 0 atom stereocenters. The van der Waals surface area contributed by atoms with Gasteiger partial charge in [-0.2, -0.15) is 4.98 Å². The lowest BCUT2D eigenvalue weighted by Gasteiger charge is -2.41. The van der Waals surface area contributed by atoms with Crippen molar-refractivity contribution < 1.29 is 14.1 Å². The molecule has 7 nitrogen and oxygen atoms in total. The molecule has 0 radical (unpaired) electrons. The van der Waals surface area contributed by atoms with E-state index in [0.717, 1.165) is 0 Å². The lowest BCUT2D eigenvalue weighted by molar-refractivity contribution is -0.150. The fraction of sp³-hybridized carbons (Fsp3) is 0.692. The van der Waals surface area contributed by atoms with Crippen LogP contribution in [0.1, 0.15) is 38.4 Å². The van der Waals surface area contributed by atoms with E-state index in [2.05, 4.69) is 15.5 Å². The van der Waals surface area contributed by atoms with Crippen molar-refractivity contribution in [2.75, 3.05) is 13.1 Å². The maximum Gasteiger partial charge on any atom is 0.248 e. The molecule has 0 unspecified atom stereocenters. The third-order valence-electron chi connectivity index (χ3n) is 3.79. The molecule has 1 aliphatic heterocycles. The van der Waals surface area contributed by atoms with Crippen LogP contribution in [0.15, 0.2) is 4.52 Å². The molecule has 2 rings (SSSR count). The molecule has 7 heteroatoms. The van der Waals surface area contributed by atoms with Gasteiger partial charge in [0.2, 0.25) is 17.7 Å². The van der Waals surface area contributed by atoms with Gasteiger partial charge in [-0.25, -0.2) is 0 Å². The Bertz CT molecular complexity index is 507. The molecule has 1 aromatic heterocycles. The van der Waals surface area contributed by atoms with Gasteiger partial charge in [-0.05, 0) is 12.8 Å². The number of hydrogen-bond acceptors (Lipinski definition) is 5. The summed E-state index contributed by atoms with van der Waals surface area (Å²) < 4.78 is 4.89. The Kier molecular flexibility index (Phi) is 4.06. The highest BCUT2D eigenvalue weighted by molar-refractivity contribution is 5.97. The summed E-state index contributed by atoms with van der Waals surface area (Å²) in [6.07, 6.45) is 1.66. The van der Waals surface area contributed by atoms with E-state index < -0.39 is 5.54 Å². The van der Waals surface area contributed by atoms with Crippen molar-refractivity contribution >= 4 is 11.8 Å². The Labute approximate surface area is 117 Å². The minimum absolute atomic E-state index is 0.0256. The second-order valence-electron chi connectivity index (χ2n) is 5.04. The zero-order chi connectivity index (χ0) is 14.8. The Morgan fingerprint density at radius 2 is 2.05 bits per heavy atom. The highest BCUT2D eigenvalue weighted by Gasteiger charge is 2.43. The monoisotopic (exact) mass is 280 g/mol. The number of rotatable bonds is 5. The van der Waals surface area contributed by atoms with Gasteiger partial charge in [-0.3, -0.25) is 9.59 Å². The number of nitrogens with one attached hydrogen (secondary N) is 1. The van der Waals surface area contributed by atoms with E-state index in [1.165, 1.54) is 0 Å². The maximum absolute atomic E-state index is 12.5. The van der Waals surface area contributed by atoms with Crippen molar-refractivity contribution in [3.05, 3.63) is 11.7 Å². The Morgan fingerprint density at radius 3 is 2.60 bits per heavy atom. The first-order valence-electron chi connectivity index (χ1n) is 6.90. The molecular weight excluding hydrogens is 260 g/mol. The van der Waals surface area contributed by atoms with Crippen LogP contribution in [0.2, 0.25) is 0 Å². The van der Waals surface area contributed by atoms with Crippen molar-refractivity contribution in [3.63, 3.8) is 0 Å². The molecule has 0 aliphatic carbocycles. The van der Waals surface area contributed by atoms with Crippen LogP contribution < -0.4 is 5.32 Å². The minimum Gasteiger partial charge on any atom is -0.340 e. The van der Waals surface area contributed by atoms with Gasteiger partial charge in [0.15, 0.2) is 5.82 Å². The zero-order valence-electron chi connectivity index (χ0n) is 12.1. The summed E-state index contributed by atoms with van der Waals surface area (Å²) >= 11 is 0. The minimum atomic E-state index is -0.761. The van der Waals surface area contributed by atoms with E-state index in [1.54, 1.807) is 11.8 Å². The molecule has 0 saturated carbocycles. The predicted molar refractivity (Wildman–Crippen MR) is 70.8 cm³/mol. The van der Waals surface area contributed by atoms with Crippen molar-refractivity contribution in [1.29, 1.82) is 0 Å². The summed E-state index contributed by atoms with van der Waals surface area (Å²) in [4.78, 5) is 30.0. The van der Waals surface area contributed by atoms with Crippen LogP contribution in [0.4, 0.5) is 0 Å². The van der Waals surface area contributed by atoms with Crippen LogP contribution in [-0.2, 0) is 16.0 Å². The summed E-state index contributed by atoms with van der Waals surface area (Å²) in [5.74, 6) is 0.916. The molecule has 110 valence electrons. The first kappa shape index (κ1) is 14.5. The summed E-state index contributed by atoms with van der Waals surface area (Å²) in [7, 11) is 0. The maximum atomic E-state index is 12.5. The largest absolute Gasteiger partial charge is 0.340 e. The van der Waals surface area contributed by atoms with Crippen LogP contribution in [-0.4, -0.2) is 45.5 Å². The van der Waals surface area contributed by atoms with Gasteiger partial charge in [0.1, 0.15) is 5.54 Å². The molecule has 1 fully saturated rings. The average molecular weight is 280 g/mol. The van der Waals surface area contributed by atoms with Gasteiger partial charge < -0.3 is 14.7 Å². The van der Waals surface area contributed by atoms with E-state index in [-0.39, 0.29) is 18.4 Å². The third-order valence-corrected chi connectivity index (χ3v) is 3.79. The number of nitrogens with zero attached hydrogens (tertiary/aromatic N) is 3.